The van der Waals surface area contributed by atoms with Gasteiger partial charge in [0.25, 0.3) is 5.69 Å². The summed E-state index contributed by atoms with van der Waals surface area (Å²) in [6, 6.07) is 11.9. The number of hydrogen-bond donors (Lipinski definition) is 1. The fraction of sp³-hybridized carbons (Fsp3) is 0.500. The molecule has 0 aliphatic carbocycles. The molecule has 2 rings (SSSR count). The predicted molar refractivity (Wildman–Crippen MR) is 138 cm³/mol. The van der Waals surface area contributed by atoms with Crippen molar-refractivity contribution in [2.75, 3.05) is 6.61 Å². The molecule has 9 heteroatoms. The summed E-state index contributed by atoms with van der Waals surface area (Å²) in [7, 11) is -1.98. The normalized spacial score (nSPS) is 12.7. The van der Waals surface area contributed by atoms with Gasteiger partial charge in [-0.3, -0.25) is 10.1 Å². The summed E-state index contributed by atoms with van der Waals surface area (Å²) in [5.41, 5.74) is 1.12. The molecule has 1 N–H and O–H groups in total. The molecule has 0 saturated carbocycles. The zero-order valence-corrected chi connectivity index (χ0v) is 22.5. The monoisotopic (exact) mass is 503 g/mol. The average Bonchev–Trinajstić information content (AvgIpc) is 2.77. The molecule has 0 fully saturated rings. The van der Waals surface area contributed by atoms with Gasteiger partial charge in [-0.2, -0.15) is 0 Å². The van der Waals surface area contributed by atoms with Crippen LogP contribution in [-0.2, 0) is 11.0 Å². The van der Waals surface area contributed by atoms with E-state index in [-0.39, 0.29) is 34.7 Å². The van der Waals surface area contributed by atoms with Gasteiger partial charge in [-0.25, -0.2) is 4.79 Å². The maximum absolute atomic E-state index is 11.7. The molecule has 192 valence electrons. The number of carbonyl (C=O) groups is 1. The second-order valence-corrected chi connectivity index (χ2v) is 15.0. The Morgan fingerprint density at radius 1 is 1.14 bits per heavy atom. The highest BCUT2D eigenvalue weighted by Gasteiger charge is 2.37. The van der Waals surface area contributed by atoms with Crippen molar-refractivity contribution in [2.24, 2.45) is 0 Å². The molecule has 0 bridgehead atoms. The quantitative estimate of drug-likeness (QED) is 0.105. The molecular formula is C26H37NO7Si. The Morgan fingerprint density at radius 3 is 2.34 bits per heavy atom. The van der Waals surface area contributed by atoms with Gasteiger partial charge in [0.15, 0.2) is 19.8 Å². The molecule has 0 aliphatic heterocycles. The van der Waals surface area contributed by atoms with E-state index in [1.54, 1.807) is 0 Å². The summed E-state index contributed by atoms with van der Waals surface area (Å²) in [5, 5.41) is 21.2. The van der Waals surface area contributed by atoms with Crippen molar-refractivity contribution in [3.8, 4) is 11.5 Å². The van der Waals surface area contributed by atoms with Gasteiger partial charge in [0, 0.05) is 18.2 Å². The van der Waals surface area contributed by atoms with Gasteiger partial charge in [-0.05, 0) is 42.5 Å². The molecule has 0 spiro atoms. The van der Waals surface area contributed by atoms with Gasteiger partial charge in [0.2, 0.25) is 0 Å². The summed E-state index contributed by atoms with van der Waals surface area (Å²) in [6.07, 6.45) is 0.573. The maximum Gasteiger partial charge on any atom is 0.511 e. The number of rotatable bonds is 12. The van der Waals surface area contributed by atoms with Crippen LogP contribution in [0, 0.1) is 10.1 Å². The zero-order chi connectivity index (χ0) is 26.2. The van der Waals surface area contributed by atoms with E-state index in [4.69, 9.17) is 13.9 Å². The Kier molecular flexibility index (Phi) is 9.85. The number of nitro benzene ring substituents is 1. The smallest absolute Gasteiger partial charge is 0.485 e. The molecule has 0 saturated heterocycles. The third-order valence-corrected chi connectivity index (χ3v) is 11.1. The second kappa shape index (κ2) is 12.2. The molecule has 1 unspecified atom stereocenters. The number of benzene rings is 2. The van der Waals surface area contributed by atoms with Crippen molar-refractivity contribution >= 4 is 20.2 Å². The molecule has 1 atom stereocenters. The summed E-state index contributed by atoms with van der Waals surface area (Å²) >= 11 is 0. The number of ether oxygens (including phenoxy) is 2. The highest BCUT2D eigenvalue weighted by atomic mass is 28.4. The summed E-state index contributed by atoms with van der Waals surface area (Å²) < 4.78 is 17.4. The van der Waals surface area contributed by atoms with Crippen molar-refractivity contribution in [1.29, 1.82) is 0 Å². The Hall–Kier alpha value is -2.91. The molecule has 0 aliphatic rings. The topological polar surface area (TPSA) is 108 Å². The molecule has 35 heavy (non-hydrogen) atoms. The predicted octanol–water partition coefficient (Wildman–Crippen LogP) is 7.53. The van der Waals surface area contributed by atoms with Crippen LogP contribution in [0.15, 0.2) is 42.5 Å². The van der Waals surface area contributed by atoms with Crippen LogP contribution in [0.3, 0.4) is 0 Å². The lowest BCUT2D eigenvalue weighted by Gasteiger charge is -2.36. The van der Waals surface area contributed by atoms with E-state index in [0.717, 1.165) is 12.0 Å². The van der Waals surface area contributed by atoms with Crippen molar-refractivity contribution in [3.05, 3.63) is 63.7 Å². The molecule has 8 nitrogen and oxygen atoms in total. The largest absolute Gasteiger partial charge is 0.511 e. The van der Waals surface area contributed by atoms with Crippen molar-refractivity contribution < 1.29 is 28.7 Å². The zero-order valence-electron chi connectivity index (χ0n) is 21.5. The first kappa shape index (κ1) is 28.3. The minimum absolute atomic E-state index is 0.00445. The van der Waals surface area contributed by atoms with Crippen molar-refractivity contribution in [3.63, 3.8) is 0 Å². The van der Waals surface area contributed by atoms with E-state index in [0.29, 0.717) is 25.0 Å². The lowest BCUT2D eigenvalue weighted by molar-refractivity contribution is -0.385. The van der Waals surface area contributed by atoms with Gasteiger partial charge in [0.1, 0.15) is 6.61 Å². The first-order valence-electron chi connectivity index (χ1n) is 11.9. The highest BCUT2D eigenvalue weighted by molar-refractivity contribution is 6.74. The van der Waals surface area contributed by atoms with E-state index >= 15 is 0 Å². The fourth-order valence-corrected chi connectivity index (χ4v) is 4.59. The second-order valence-electron chi connectivity index (χ2n) is 10.1. The van der Waals surface area contributed by atoms with Crippen LogP contribution in [0.25, 0.3) is 0 Å². The van der Waals surface area contributed by atoms with Gasteiger partial charge in [0.05, 0.1) is 11.0 Å². The third kappa shape index (κ3) is 8.07. The minimum atomic E-state index is -1.98. The first-order valence-corrected chi connectivity index (χ1v) is 14.8. The van der Waals surface area contributed by atoms with Crippen LogP contribution >= 0.6 is 0 Å². The van der Waals surface area contributed by atoms with Crippen LogP contribution in [0.1, 0.15) is 64.0 Å². The van der Waals surface area contributed by atoms with Gasteiger partial charge in [-0.1, -0.05) is 64.4 Å². The van der Waals surface area contributed by atoms with E-state index < -0.39 is 19.4 Å². The van der Waals surface area contributed by atoms with E-state index in [1.807, 2.05) is 37.3 Å². The summed E-state index contributed by atoms with van der Waals surface area (Å²) in [4.78, 5) is 22.8. The Morgan fingerprint density at radius 2 is 1.80 bits per heavy atom. The number of hydrogen-bond acceptors (Lipinski definition) is 6. The standard InChI is InChI=1S/C26H37NO7Si/c1-7-11-20(14-15-33-35(5,6)26(2,3)4)22-16-21(27(30)31)17-23(24(22)34-25(28)29)32-18-19-12-9-8-10-13-19/h8-10,12-13,16-17,20H,7,11,14-15,18H2,1-6H3,(H,28,29). The minimum Gasteiger partial charge on any atom is -0.485 e. The first-order chi connectivity index (χ1) is 16.4. The van der Waals surface area contributed by atoms with Crippen LogP contribution in [0.2, 0.25) is 18.1 Å². The summed E-state index contributed by atoms with van der Waals surface area (Å²) in [5.74, 6) is -0.158. The van der Waals surface area contributed by atoms with Crippen LogP contribution in [0.4, 0.5) is 10.5 Å². The molecule has 2 aromatic carbocycles. The fourth-order valence-electron chi connectivity index (χ4n) is 3.53. The van der Waals surface area contributed by atoms with Crippen molar-refractivity contribution in [1.82, 2.24) is 0 Å². The highest BCUT2D eigenvalue weighted by Crippen LogP contribution is 2.43. The molecule has 0 aromatic heterocycles. The van der Waals surface area contributed by atoms with Crippen molar-refractivity contribution in [2.45, 2.75) is 77.6 Å². The SMILES string of the molecule is CCCC(CCO[Si](C)(C)C(C)(C)C)c1cc([N+](=O)[O-])cc(OCc2ccccc2)c1OC(=O)O. The van der Waals surface area contributed by atoms with Crippen LogP contribution < -0.4 is 9.47 Å². The molecule has 0 radical (unpaired) electrons. The van der Waals surface area contributed by atoms with Crippen LogP contribution in [-0.4, -0.2) is 31.1 Å². The molecule has 2 aromatic rings. The Bertz CT molecular complexity index is 1000. The summed E-state index contributed by atoms with van der Waals surface area (Å²) in [6.45, 7) is 13.4. The number of non-ortho nitro benzene ring substituents is 1. The lowest BCUT2D eigenvalue weighted by Crippen LogP contribution is -2.41. The maximum atomic E-state index is 11.7. The Balaban J connectivity index is 2.44. The van der Waals surface area contributed by atoms with E-state index in [2.05, 4.69) is 33.9 Å². The van der Waals surface area contributed by atoms with E-state index in [9.17, 15) is 20.0 Å². The number of nitrogens with zero attached hydrogens (tertiary/aromatic N) is 1. The number of nitro groups is 1. The molecule has 0 amide bonds. The van der Waals surface area contributed by atoms with Gasteiger partial charge < -0.3 is 19.0 Å². The molecule has 0 heterocycles. The number of carboxylic acid groups (broad SMARTS) is 1. The Labute approximate surface area is 208 Å². The van der Waals surface area contributed by atoms with E-state index in [1.165, 1.54) is 12.1 Å². The average molecular weight is 504 g/mol. The van der Waals surface area contributed by atoms with Gasteiger partial charge >= 0.3 is 6.16 Å². The third-order valence-electron chi connectivity index (χ3n) is 6.52. The van der Waals surface area contributed by atoms with Gasteiger partial charge in [-0.15, -0.1) is 0 Å². The molecular weight excluding hydrogens is 466 g/mol. The van der Waals surface area contributed by atoms with Crippen LogP contribution in [0.5, 0.6) is 11.5 Å². The lowest BCUT2D eigenvalue weighted by atomic mass is 9.90.